The average Bonchev–Trinajstić information content (AvgIpc) is 2.60. The lowest BCUT2D eigenvalue weighted by Crippen LogP contribution is -2.02. The SMILES string of the molecule is O=C(O)Cc1c[nH]c2cccc(C(=O)O)c12. The summed E-state index contributed by atoms with van der Waals surface area (Å²) in [6.45, 7) is 0. The molecule has 0 fully saturated rings. The van der Waals surface area contributed by atoms with Crippen LogP contribution >= 0.6 is 0 Å². The lowest BCUT2D eigenvalue weighted by molar-refractivity contribution is -0.136. The highest BCUT2D eigenvalue weighted by Gasteiger charge is 2.14. The Morgan fingerprint density at radius 3 is 2.62 bits per heavy atom. The van der Waals surface area contributed by atoms with Gasteiger partial charge in [-0.05, 0) is 17.7 Å². The molecular weight excluding hydrogens is 210 g/mol. The van der Waals surface area contributed by atoms with Gasteiger partial charge in [0.05, 0.1) is 12.0 Å². The molecule has 0 saturated heterocycles. The van der Waals surface area contributed by atoms with Gasteiger partial charge in [-0.3, -0.25) is 4.79 Å². The number of nitrogens with one attached hydrogen (secondary N) is 1. The van der Waals surface area contributed by atoms with E-state index in [1.54, 1.807) is 12.1 Å². The Hall–Kier alpha value is -2.30. The molecule has 0 amide bonds. The molecule has 0 unspecified atom stereocenters. The van der Waals surface area contributed by atoms with Crippen LogP contribution in [0.25, 0.3) is 10.9 Å². The normalized spacial score (nSPS) is 10.5. The fourth-order valence-electron chi connectivity index (χ4n) is 1.74. The van der Waals surface area contributed by atoms with Crippen molar-refractivity contribution in [1.82, 2.24) is 4.98 Å². The van der Waals surface area contributed by atoms with Crippen molar-refractivity contribution in [2.24, 2.45) is 0 Å². The number of rotatable bonds is 3. The highest BCUT2D eigenvalue weighted by molar-refractivity contribution is 6.05. The fourth-order valence-corrected chi connectivity index (χ4v) is 1.74. The Bertz CT molecular complexity index is 570. The summed E-state index contributed by atoms with van der Waals surface area (Å²) in [5.74, 6) is -2.04. The van der Waals surface area contributed by atoms with Gasteiger partial charge in [-0.25, -0.2) is 4.79 Å². The van der Waals surface area contributed by atoms with E-state index in [1.807, 2.05) is 0 Å². The van der Waals surface area contributed by atoms with Crippen molar-refractivity contribution in [2.75, 3.05) is 0 Å². The van der Waals surface area contributed by atoms with Gasteiger partial charge < -0.3 is 15.2 Å². The quantitative estimate of drug-likeness (QED) is 0.729. The average molecular weight is 219 g/mol. The molecule has 0 aliphatic heterocycles. The van der Waals surface area contributed by atoms with Crippen LogP contribution in [0.1, 0.15) is 15.9 Å². The topological polar surface area (TPSA) is 90.4 Å². The van der Waals surface area contributed by atoms with E-state index >= 15 is 0 Å². The second-order valence-electron chi connectivity index (χ2n) is 3.42. The minimum absolute atomic E-state index is 0.120. The highest BCUT2D eigenvalue weighted by atomic mass is 16.4. The maximum Gasteiger partial charge on any atom is 0.336 e. The summed E-state index contributed by atoms with van der Waals surface area (Å²) >= 11 is 0. The molecule has 3 N–H and O–H groups in total. The standard InChI is InChI=1S/C11H9NO4/c13-9(14)4-6-5-12-8-3-1-2-7(10(6)8)11(15)16/h1-3,5,12H,4H2,(H,13,14)(H,15,16). The second kappa shape index (κ2) is 3.69. The molecule has 1 aromatic heterocycles. The van der Waals surface area contributed by atoms with Crippen LogP contribution in [0.4, 0.5) is 0 Å². The molecule has 2 aromatic rings. The van der Waals surface area contributed by atoms with Crippen molar-refractivity contribution in [3.63, 3.8) is 0 Å². The number of carboxylic acids is 2. The number of hydrogen-bond donors (Lipinski definition) is 3. The van der Waals surface area contributed by atoms with E-state index in [2.05, 4.69) is 4.98 Å². The fraction of sp³-hybridized carbons (Fsp3) is 0.0909. The summed E-state index contributed by atoms with van der Waals surface area (Å²) in [5.41, 5.74) is 1.24. The van der Waals surface area contributed by atoms with Crippen molar-refractivity contribution >= 4 is 22.8 Å². The van der Waals surface area contributed by atoms with Crippen LogP contribution in [0.3, 0.4) is 0 Å². The number of carboxylic acid groups (broad SMARTS) is 2. The van der Waals surface area contributed by atoms with Gasteiger partial charge in [0.15, 0.2) is 0 Å². The van der Waals surface area contributed by atoms with Crippen LogP contribution < -0.4 is 0 Å². The van der Waals surface area contributed by atoms with E-state index in [9.17, 15) is 9.59 Å². The minimum atomic E-state index is -1.06. The Morgan fingerprint density at radius 1 is 1.25 bits per heavy atom. The van der Waals surface area contributed by atoms with E-state index in [0.717, 1.165) is 0 Å². The second-order valence-corrected chi connectivity index (χ2v) is 3.42. The van der Waals surface area contributed by atoms with E-state index in [1.165, 1.54) is 12.3 Å². The summed E-state index contributed by atoms with van der Waals surface area (Å²) in [5, 5.41) is 18.2. The third kappa shape index (κ3) is 1.63. The van der Waals surface area contributed by atoms with Gasteiger partial charge in [0.2, 0.25) is 0 Å². The van der Waals surface area contributed by atoms with Crippen LogP contribution in [0, 0.1) is 0 Å². The smallest absolute Gasteiger partial charge is 0.336 e. The zero-order valence-electron chi connectivity index (χ0n) is 8.23. The number of H-pyrrole nitrogens is 1. The summed E-state index contributed by atoms with van der Waals surface area (Å²) < 4.78 is 0. The Labute approximate surface area is 90.3 Å². The zero-order chi connectivity index (χ0) is 11.7. The van der Waals surface area contributed by atoms with Gasteiger partial charge in [0.1, 0.15) is 0 Å². The Balaban J connectivity index is 2.67. The first kappa shape index (κ1) is 10.2. The third-order valence-electron chi connectivity index (χ3n) is 2.36. The number of fused-ring (bicyclic) bond motifs is 1. The Morgan fingerprint density at radius 2 is 2.00 bits per heavy atom. The van der Waals surface area contributed by atoms with Gasteiger partial charge in [0, 0.05) is 17.1 Å². The largest absolute Gasteiger partial charge is 0.481 e. The molecule has 0 saturated carbocycles. The first-order chi connectivity index (χ1) is 7.59. The summed E-state index contributed by atoms with van der Waals surface area (Å²) in [7, 11) is 0. The third-order valence-corrected chi connectivity index (χ3v) is 2.36. The molecule has 5 nitrogen and oxygen atoms in total. The molecule has 82 valence electrons. The molecule has 0 aliphatic rings. The molecule has 1 heterocycles. The van der Waals surface area contributed by atoms with Crippen LogP contribution in [0.15, 0.2) is 24.4 Å². The molecule has 0 radical (unpaired) electrons. The molecule has 0 aliphatic carbocycles. The van der Waals surface area contributed by atoms with Gasteiger partial charge in [-0.2, -0.15) is 0 Å². The number of aromatic amines is 1. The maximum atomic E-state index is 11.0. The number of aromatic carboxylic acids is 1. The molecular formula is C11H9NO4. The summed E-state index contributed by atoms with van der Waals surface area (Å²) in [6.07, 6.45) is 1.34. The highest BCUT2D eigenvalue weighted by Crippen LogP contribution is 2.23. The van der Waals surface area contributed by atoms with Crippen molar-refractivity contribution in [2.45, 2.75) is 6.42 Å². The lowest BCUT2D eigenvalue weighted by atomic mass is 10.0. The van der Waals surface area contributed by atoms with E-state index in [4.69, 9.17) is 10.2 Å². The van der Waals surface area contributed by atoms with Gasteiger partial charge in [-0.15, -0.1) is 0 Å². The van der Waals surface area contributed by atoms with Gasteiger partial charge in [0.25, 0.3) is 0 Å². The monoisotopic (exact) mass is 219 g/mol. The minimum Gasteiger partial charge on any atom is -0.481 e. The van der Waals surface area contributed by atoms with E-state index < -0.39 is 11.9 Å². The zero-order valence-corrected chi connectivity index (χ0v) is 8.23. The number of aromatic nitrogens is 1. The van der Waals surface area contributed by atoms with Crippen LogP contribution in [0.2, 0.25) is 0 Å². The Kier molecular flexibility index (Phi) is 2.36. The number of benzene rings is 1. The van der Waals surface area contributed by atoms with Crippen molar-refractivity contribution in [3.8, 4) is 0 Å². The molecule has 0 atom stereocenters. The van der Waals surface area contributed by atoms with Crippen molar-refractivity contribution in [1.29, 1.82) is 0 Å². The molecule has 16 heavy (non-hydrogen) atoms. The predicted octanol–water partition coefficient (Wildman–Crippen LogP) is 1.49. The van der Waals surface area contributed by atoms with Crippen molar-refractivity contribution < 1.29 is 19.8 Å². The molecule has 0 bridgehead atoms. The molecule has 5 heteroatoms. The number of aliphatic carboxylic acids is 1. The predicted molar refractivity (Wildman–Crippen MR) is 56.6 cm³/mol. The van der Waals surface area contributed by atoms with Gasteiger partial charge in [-0.1, -0.05) is 6.07 Å². The number of carbonyl (C=O) groups is 2. The van der Waals surface area contributed by atoms with Crippen LogP contribution in [0.5, 0.6) is 0 Å². The maximum absolute atomic E-state index is 11.0. The summed E-state index contributed by atoms with van der Waals surface area (Å²) in [4.78, 5) is 24.5. The number of hydrogen-bond acceptors (Lipinski definition) is 2. The van der Waals surface area contributed by atoms with Crippen LogP contribution in [-0.4, -0.2) is 27.1 Å². The molecule has 0 spiro atoms. The summed E-state index contributed by atoms with van der Waals surface area (Å²) in [6, 6.07) is 4.80. The van der Waals surface area contributed by atoms with Crippen molar-refractivity contribution in [3.05, 3.63) is 35.5 Å². The first-order valence-corrected chi connectivity index (χ1v) is 4.63. The van der Waals surface area contributed by atoms with Gasteiger partial charge >= 0.3 is 11.9 Å². The molecule has 1 aromatic carbocycles. The molecule has 2 rings (SSSR count). The van der Waals surface area contributed by atoms with Crippen LogP contribution in [-0.2, 0) is 11.2 Å². The first-order valence-electron chi connectivity index (χ1n) is 4.63. The van der Waals surface area contributed by atoms with E-state index in [0.29, 0.717) is 16.5 Å². The lowest BCUT2D eigenvalue weighted by Gasteiger charge is -1.99. The van der Waals surface area contributed by atoms with E-state index in [-0.39, 0.29) is 12.0 Å².